The van der Waals surface area contributed by atoms with Crippen LogP contribution in [0.3, 0.4) is 0 Å². The maximum atomic E-state index is 13.4. The number of benzene rings is 2. The molecule has 4 rings (SSSR count). The Morgan fingerprint density at radius 1 is 1.16 bits per heavy atom. The van der Waals surface area contributed by atoms with Gasteiger partial charge < -0.3 is 5.32 Å². The fraction of sp³-hybridized carbons (Fsp3) is 0.429. The van der Waals surface area contributed by atoms with Crippen LogP contribution in [0.4, 0.5) is 4.39 Å². The highest BCUT2D eigenvalue weighted by Gasteiger charge is 2.46. The van der Waals surface area contributed by atoms with Crippen LogP contribution in [-0.4, -0.2) is 37.1 Å². The van der Waals surface area contributed by atoms with Crippen molar-refractivity contribution in [2.75, 3.05) is 26.7 Å². The van der Waals surface area contributed by atoms with Gasteiger partial charge in [0.05, 0.1) is 0 Å². The molecule has 2 aliphatic rings. The predicted octanol–water partition coefficient (Wildman–Crippen LogP) is 4.39. The van der Waals surface area contributed by atoms with Crippen molar-refractivity contribution < 1.29 is 4.39 Å². The van der Waals surface area contributed by atoms with E-state index in [1.165, 1.54) is 16.7 Å². The summed E-state index contributed by atoms with van der Waals surface area (Å²) in [6.07, 6.45) is 1.03. The minimum atomic E-state index is -0.183. The molecule has 0 amide bonds. The summed E-state index contributed by atoms with van der Waals surface area (Å²) in [5.41, 5.74) is 3.91. The van der Waals surface area contributed by atoms with Crippen LogP contribution in [0, 0.1) is 5.82 Å². The van der Waals surface area contributed by atoms with Crippen molar-refractivity contribution >= 4 is 11.6 Å². The van der Waals surface area contributed by atoms with Gasteiger partial charge in [-0.2, -0.15) is 0 Å². The molecule has 2 aromatic rings. The number of nitrogens with zero attached hydrogens (tertiary/aromatic N) is 1. The molecule has 1 fully saturated rings. The molecule has 25 heavy (non-hydrogen) atoms. The van der Waals surface area contributed by atoms with E-state index < -0.39 is 0 Å². The van der Waals surface area contributed by atoms with Crippen LogP contribution < -0.4 is 5.32 Å². The van der Waals surface area contributed by atoms with Gasteiger partial charge in [-0.25, -0.2) is 4.39 Å². The molecule has 4 heteroatoms. The van der Waals surface area contributed by atoms with Gasteiger partial charge in [-0.05, 0) is 61.3 Å². The first-order valence-corrected chi connectivity index (χ1v) is 9.33. The van der Waals surface area contributed by atoms with E-state index in [2.05, 4.69) is 36.3 Å². The van der Waals surface area contributed by atoms with E-state index in [1.807, 2.05) is 18.2 Å². The van der Waals surface area contributed by atoms with Gasteiger partial charge in [-0.15, -0.1) is 0 Å². The van der Waals surface area contributed by atoms with Gasteiger partial charge >= 0.3 is 0 Å². The number of piperazine rings is 1. The van der Waals surface area contributed by atoms with Gasteiger partial charge in [0, 0.05) is 42.0 Å². The van der Waals surface area contributed by atoms with Crippen molar-refractivity contribution in [2.24, 2.45) is 0 Å². The maximum absolute atomic E-state index is 13.4. The normalized spacial score (nSPS) is 29.6. The Kier molecular flexibility index (Phi) is 4.35. The van der Waals surface area contributed by atoms with Crippen LogP contribution >= 0.6 is 11.6 Å². The van der Waals surface area contributed by atoms with Crippen molar-refractivity contribution in [3.8, 4) is 0 Å². The fourth-order valence-electron chi connectivity index (χ4n) is 4.62. The SMILES string of the molecule is CN1CCNCC1(C)C1CC(c2ccc(F)cc2)c2ccc(Cl)cc21. The number of fused-ring (bicyclic) bond motifs is 1. The van der Waals surface area contributed by atoms with E-state index in [9.17, 15) is 4.39 Å². The second-order valence-corrected chi connectivity index (χ2v) is 8.06. The van der Waals surface area contributed by atoms with E-state index in [4.69, 9.17) is 11.6 Å². The molecule has 132 valence electrons. The Morgan fingerprint density at radius 2 is 1.92 bits per heavy atom. The number of hydrogen-bond acceptors (Lipinski definition) is 2. The van der Waals surface area contributed by atoms with E-state index >= 15 is 0 Å². The van der Waals surface area contributed by atoms with Gasteiger partial charge in [0.1, 0.15) is 5.82 Å². The van der Waals surface area contributed by atoms with E-state index in [-0.39, 0.29) is 11.4 Å². The molecule has 0 bridgehead atoms. The van der Waals surface area contributed by atoms with Crippen molar-refractivity contribution in [3.05, 3.63) is 70.0 Å². The highest BCUT2D eigenvalue weighted by atomic mass is 35.5. The lowest BCUT2D eigenvalue weighted by Gasteiger charge is -2.47. The lowest BCUT2D eigenvalue weighted by atomic mass is 9.78. The zero-order chi connectivity index (χ0) is 17.6. The van der Waals surface area contributed by atoms with E-state index in [0.717, 1.165) is 31.1 Å². The van der Waals surface area contributed by atoms with Crippen molar-refractivity contribution in [1.82, 2.24) is 10.2 Å². The standard InChI is InChI=1S/C21H24ClFN2/c1-21(13-24-9-10-25(21)2)20-12-18(14-3-6-16(23)7-4-14)17-8-5-15(22)11-19(17)20/h3-8,11,18,20,24H,9-10,12-13H2,1-2H3. The van der Waals surface area contributed by atoms with Crippen LogP contribution in [-0.2, 0) is 0 Å². The van der Waals surface area contributed by atoms with Gasteiger partial charge in [0.25, 0.3) is 0 Å². The first kappa shape index (κ1) is 17.0. The maximum Gasteiger partial charge on any atom is 0.123 e. The molecule has 3 atom stereocenters. The quantitative estimate of drug-likeness (QED) is 0.856. The number of halogens is 2. The Hall–Kier alpha value is -1.42. The molecule has 0 radical (unpaired) electrons. The van der Waals surface area contributed by atoms with E-state index in [1.54, 1.807) is 12.1 Å². The average Bonchev–Trinajstić information content (AvgIpc) is 2.97. The highest BCUT2D eigenvalue weighted by Crippen LogP contribution is 2.51. The minimum absolute atomic E-state index is 0.0481. The summed E-state index contributed by atoms with van der Waals surface area (Å²) >= 11 is 6.35. The number of likely N-dealkylation sites (N-methyl/N-ethyl adjacent to an activating group) is 1. The lowest BCUT2D eigenvalue weighted by Crippen LogP contribution is -2.60. The molecular formula is C21H24ClFN2. The van der Waals surface area contributed by atoms with Crippen LogP contribution in [0.25, 0.3) is 0 Å². The smallest absolute Gasteiger partial charge is 0.123 e. The Morgan fingerprint density at radius 3 is 2.64 bits per heavy atom. The summed E-state index contributed by atoms with van der Waals surface area (Å²) in [5, 5.41) is 4.36. The fourth-order valence-corrected chi connectivity index (χ4v) is 4.80. The van der Waals surface area contributed by atoms with Crippen molar-refractivity contribution in [3.63, 3.8) is 0 Å². The zero-order valence-corrected chi connectivity index (χ0v) is 15.5. The second kappa shape index (κ2) is 6.39. The molecule has 1 aliphatic carbocycles. The van der Waals surface area contributed by atoms with Crippen molar-refractivity contribution in [2.45, 2.75) is 30.7 Å². The first-order valence-electron chi connectivity index (χ1n) is 8.96. The van der Waals surface area contributed by atoms with Crippen LogP contribution in [0.1, 0.15) is 41.9 Å². The second-order valence-electron chi connectivity index (χ2n) is 7.62. The predicted molar refractivity (Wildman–Crippen MR) is 101 cm³/mol. The summed E-state index contributed by atoms with van der Waals surface area (Å²) in [7, 11) is 2.22. The third-order valence-corrected chi connectivity index (χ3v) is 6.51. The van der Waals surface area contributed by atoms with Crippen molar-refractivity contribution in [1.29, 1.82) is 0 Å². The molecule has 2 aromatic carbocycles. The van der Waals surface area contributed by atoms with Gasteiger partial charge in [0.2, 0.25) is 0 Å². The van der Waals surface area contributed by atoms with Gasteiger partial charge in [-0.1, -0.05) is 29.8 Å². The summed E-state index contributed by atoms with van der Waals surface area (Å²) in [6.45, 7) is 5.39. The number of nitrogens with one attached hydrogen (secondary N) is 1. The Bertz CT molecular complexity index is 776. The zero-order valence-electron chi connectivity index (χ0n) is 14.7. The molecule has 1 heterocycles. The van der Waals surface area contributed by atoms with E-state index in [0.29, 0.717) is 11.8 Å². The summed E-state index contributed by atoms with van der Waals surface area (Å²) in [6, 6.07) is 13.2. The number of rotatable bonds is 2. The lowest BCUT2D eigenvalue weighted by molar-refractivity contribution is 0.0763. The largest absolute Gasteiger partial charge is 0.314 e. The molecule has 1 saturated heterocycles. The first-order chi connectivity index (χ1) is 12.0. The molecule has 1 N–H and O–H groups in total. The molecule has 3 unspecified atom stereocenters. The van der Waals surface area contributed by atoms with Crippen LogP contribution in [0.2, 0.25) is 5.02 Å². The molecule has 1 aliphatic heterocycles. The molecule has 0 saturated carbocycles. The van der Waals surface area contributed by atoms with Gasteiger partial charge in [-0.3, -0.25) is 4.90 Å². The van der Waals surface area contributed by atoms with Crippen LogP contribution in [0.5, 0.6) is 0 Å². The Labute approximate surface area is 154 Å². The molecule has 2 nitrogen and oxygen atoms in total. The summed E-state index contributed by atoms with van der Waals surface area (Å²) < 4.78 is 13.4. The van der Waals surface area contributed by atoms with Gasteiger partial charge in [0.15, 0.2) is 0 Å². The number of hydrogen-bond donors (Lipinski definition) is 1. The summed E-state index contributed by atoms with van der Waals surface area (Å²) in [5.74, 6) is 0.511. The third-order valence-electron chi connectivity index (χ3n) is 6.27. The monoisotopic (exact) mass is 358 g/mol. The highest BCUT2D eigenvalue weighted by molar-refractivity contribution is 6.30. The molecule has 0 spiro atoms. The topological polar surface area (TPSA) is 15.3 Å². The average molecular weight is 359 g/mol. The Balaban J connectivity index is 1.78. The molecular weight excluding hydrogens is 335 g/mol. The minimum Gasteiger partial charge on any atom is -0.314 e. The summed E-state index contributed by atoms with van der Waals surface area (Å²) in [4.78, 5) is 2.48. The third kappa shape index (κ3) is 2.88. The van der Waals surface area contributed by atoms with Crippen LogP contribution in [0.15, 0.2) is 42.5 Å². The molecule has 0 aromatic heterocycles.